The second-order valence-corrected chi connectivity index (χ2v) is 9.64. The Morgan fingerprint density at radius 1 is 0.968 bits per heavy atom. The lowest BCUT2D eigenvalue weighted by Gasteiger charge is -2.56. The predicted octanol–water partition coefficient (Wildman–Crippen LogP) is 3.08. The number of carbonyl (C=O) groups excluding carboxylic acids is 3. The molecule has 0 radical (unpaired) electrons. The summed E-state index contributed by atoms with van der Waals surface area (Å²) in [5.41, 5.74) is 1.20. The summed E-state index contributed by atoms with van der Waals surface area (Å²) in [6, 6.07) is 9.50. The second-order valence-electron chi connectivity index (χ2n) is 9.64. The lowest BCUT2D eigenvalue weighted by molar-refractivity contribution is -0.148. The molecule has 5 rings (SSSR count). The summed E-state index contributed by atoms with van der Waals surface area (Å²) in [6.07, 6.45) is 11.0. The Kier molecular flexibility index (Phi) is 6.73. The van der Waals surface area contributed by atoms with Gasteiger partial charge in [0, 0.05) is 19.2 Å². The van der Waals surface area contributed by atoms with Crippen LogP contribution in [0, 0.1) is 23.2 Å². The van der Waals surface area contributed by atoms with Crippen molar-refractivity contribution in [3.63, 3.8) is 0 Å². The number of carbonyl (C=O) groups is 3. The quantitative estimate of drug-likeness (QED) is 0.471. The highest BCUT2D eigenvalue weighted by molar-refractivity contribution is 5.91. The number of amides is 2. The Balaban J connectivity index is 1.09. The fourth-order valence-corrected chi connectivity index (χ4v) is 6.14. The molecule has 31 heavy (non-hydrogen) atoms. The third-order valence-electron chi connectivity index (χ3n) is 7.04. The lowest BCUT2D eigenvalue weighted by Crippen LogP contribution is -2.51. The van der Waals surface area contributed by atoms with E-state index in [1.165, 1.54) is 44.6 Å². The number of rotatable bonds is 9. The van der Waals surface area contributed by atoms with Gasteiger partial charge in [0.2, 0.25) is 5.91 Å². The minimum atomic E-state index is -0.489. The number of nitrogens with one attached hydrogen (secondary N) is 2. The van der Waals surface area contributed by atoms with Gasteiger partial charge in [-0.25, -0.2) is 0 Å². The van der Waals surface area contributed by atoms with Gasteiger partial charge in [-0.05, 0) is 73.3 Å². The lowest BCUT2D eigenvalue weighted by atomic mass is 9.49. The molecule has 4 saturated carbocycles. The minimum absolute atomic E-state index is 0.0349. The Labute approximate surface area is 183 Å². The normalized spacial score (nSPS) is 28.5. The van der Waals surface area contributed by atoms with Crippen molar-refractivity contribution in [3.05, 3.63) is 42.0 Å². The molecule has 6 nitrogen and oxygen atoms in total. The number of ether oxygens (including phenoxy) is 1. The summed E-state index contributed by atoms with van der Waals surface area (Å²) in [6.45, 7) is 0.620. The van der Waals surface area contributed by atoms with E-state index in [1.807, 2.05) is 30.3 Å². The van der Waals surface area contributed by atoms with Crippen LogP contribution in [0.25, 0.3) is 6.08 Å². The monoisotopic (exact) mass is 424 g/mol. The molecule has 0 saturated heterocycles. The van der Waals surface area contributed by atoms with Crippen LogP contribution in [0.3, 0.4) is 0 Å². The van der Waals surface area contributed by atoms with Crippen molar-refractivity contribution in [2.24, 2.45) is 23.2 Å². The van der Waals surface area contributed by atoms with Gasteiger partial charge in [0.25, 0.3) is 5.91 Å². The zero-order valence-electron chi connectivity index (χ0n) is 18.0. The van der Waals surface area contributed by atoms with Crippen molar-refractivity contribution in [1.29, 1.82) is 0 Å². The summed E-state index contributed by atoms with van der Waals surface area (Å²) >= 11 is 0. The van der Waals surface area contributed by atoms with Crippen molar-refractivity contribution in [3.8, 4) is 0 Å². The molecular weight excluding hydrogens is 392 g/mol. The second kappa shape index (κ2) is 9.67. The van der Waals surface area contributed by atoms with E-state index in [1.54, 1.807) is 6.08 Å². The minimum Gasteiger partial charge on any atom is -0.456 e. The van der Waals surface area contributed by atoms with Crippen LogP contribution < -0.4 is 10.6 Å². The number of hydrogen-bond donors (Lipinski definition) is 2. The fraction of sp³-hybridized carbons (Fsp3) is 0.560. The van der Waals surface area contributed by atoms with Gasteiger partial charge in [0.1, 0.15) is 0 Å². The Bertz CT molecular complexity index is 798. The highest BCUT2D eigenvalue weighted by atomic mass is 16.5. The van der Waals surface area contributed by atoms with Crippen molar-refractivity contribution >= 4 is 23.9 Å². The summed E-state index contributed by atoms with van der Waals surface area (Å²) in [5, 5.41) is 5.65. The molecule has 0 aromatic heterocycles. The van der Waals surface area contributed by atoms with Crippen molar-refractivity contribution < 1.29 is 19.1 Å². The Morgan fingerprint density at radius 2 is 1.61 bits per heavy atom. The van der Waals surface area contributed by atoms with E-state index in [9.17, 15) is 14.4 Å². The van der Waals surface area contributed by atoms with E-state index < -0.39 is 5.97 Å². The van der Waals surface area contributed by atoms with Crippen LogP contribution in [-0.4, -0.2) is 37.5 Å². The largest absolute Gasteiger partial charge is 0.456 e. The molecule has 4 fully saturated rings. The van der Waals surface area contributed by atoms with E-state index in [4.69, 9.17) is 4.74 Å². The molecule has 4 bridgehead atoms. The molecule has 0 spiro atoms. The average Bonchev–Trinajstić information content (AvgIpc) is 2.75. The van der Waals surface area contributed by atoms with Gasteiger partial charge in [-0.15, -0.1) is 0 Å². The summed E-state index contributed by atoms with van der Waals surface area (Å²) < 4.78 is 5.07. The smallest absolute Gasteiger partial charge is 0.308 e. The van der Waals surface area contributed by atoms with Crippen LogP contribution >= 0.6 is 0 Å². The Hall–Kier alpha value is -2.63. The molecule has 2 amide bonds. The number of benzene rings is 1. The van der Waals surface area contributed by atoms with Gasteiger partial charge >= 0.3 is 5.97 Å². The van der Waals surface area contributed by atoms with Gasteiger partial charge in [-0.1, -0.05) is 30.3 Å². The van der Waals surface area contributed by atoms with Gasteiger partial charge in [-0.2, -0.15) is 0 Å². The molecule has 6 heteroatoms. The predicted molar refractivity (Wildman–Crippen MR) is 118 cm³/mol. The third-order valence-corrected chi connectivity index (χ3v) is 7.04. The van der Waals surface area contributed by atoms with E-state index in [-0.39, 0.29) is 36.8 Å². The van der Waals surface area contributed by atoms with E-state index in [0.29, 0.717) is 6.54 Å². The molecule has 1 aromatic carbocycles. The average molecular weight is 425 g/mol. The first kappa shape index (κ1) is 21.6. The molecule has 4 aliphatic carbocycles. The molecule has 166 valence electrons. The molecule has 0 aliphatic heterocycles. The maximum Gasteiger partial charge on any atom is 0.308 e. The summed E-state index contributed by atoms with van der Waals surface area (Å²) in [4.78, 5) is 35.8. The molecule has 1 aromatic rings. The van der Waals surface area contributed by atoms with Crippen LogP contribution in [0.4, 0.5) is 0 Å². The number of hydrogen-bond acceptors (Lipinski definition) is 4. The van der Waals surface area contributed by atoms with Crippen LogP contribution in [-0.2, 0) is 19.1 Å². The zero-order chi connectivity index (χ0) is 21.7. The SMILES string of the molecule is O=C(/C=C/c1ccccc1)NCCC(=O)OCC(=O)NCC12CC3CC(CC(C3)C1)C2. The standard InChI is InChI=1S/C25H32N2O4/c28-22(7-6-18-4-2-1-3-5-18)26-9-8-24(30)31-16-23(29)27-17-25-13-19-10-20(14-25)12-21(11-19)15-25/h1-7,19-21H,8-17H2,(H,26,28)(H,27,29)/b7-6+. The first-order chi connectivity index (χ1) is 15.0. The molecular formula is C25H32N2O4. The van der Waals surface area contributed by atoms with Crippen LogP contribution in [0.15, 0.2) is 36.4 Å². The van der Waals surface area contributed by atoms with E-state index >= 15 is 0 Å². The van der Waals surface area contributed by atoms with E-state index in [2.05, 4.69) is 10.6 Å². The molecule has 0 heterocycles. The van der Waals surface area contributed by atoms with Crippen LogP contribution in [0.2, 0.25) is 0 Å². The van der Waals surface area contributed by atoms with E-state index in [0.717, 1.165) is 23.3 Å². The maximum atomic E-state index is 12.2. The summed E-state index contributed by atoms with van der Waals surface area (Å²) in [7, 11) is 0. The zero-order valence-corrected chi connectivity index (χ0v) is 18.0. The Morgan fingerprint density at radius 3 is 2.26 bits per heavy atom. The van der Waals surface area contributed by atoms with Gasteiger partial charge < -0.3 is 15.4 Å². The van der Waals surface area contributed by atoms with Crippen LogP contribution in [0.1, 0.15) is 50.5 Å². The van der Waals surface area contributed by atoms with Gasteiger partial charge in [0.15, 0.2) is 6.61 Å². The van der Waals surface area contributed by atoms with Crippen molar-refractivity contribution in [2.75, 3.05) is 19.7 Å². The highest BCUT2D eigenvalue weighted by Crippen LogP contribution is 2.59. The van der Waals surface area contributed by atoms with Crippen molar-refractivity contribution in [1.82, 2.24) is 10.6 Å². The highest BCUT2D eigenvalue weighted by Gasteiger charge is 2.50. The van der Waals surface area contributed by atoms with Gasteiger partial charge in [0.05, 0.1) is 6.42 Å². The fourth-order valence-electron chi connectivity index (χ4n) is 6.14. The first-order valence-corrected chi connectivity index (χ1v) is 11.4. The molecule has 4 aliphatic rings. The summed E-state index contributed by atoms with van der Waals surface area (Å²) in [5.74, 6) is 1.54. The molecule has 0 atom stereocenters. The van der Waals surface area contributed by atoms with Crippen molar-refractivity contribution in [2.45, 2.75) is 44.9 Å². The number of esters is 1. The first-order valence-electron chi connectivity index (χ1n) is 11.4. The molecule has 2 N–H and O–H groups in total. The molecule has 0 unspecified atom stereocenters. The van der Waals surface area contributed by atoms with Gasteiger partial charge in [-0.3, -0.25) is 14.4 Å². The third kappa shape index (κ3) is 5.96. The van der Waals surface area contributed by atoms with Crippen LogP contribution in [0.5, 0.6) is 0 Å². The maximum absolute atomic E-state index is 12.2. The topological polar surface area (TPSA) is 84.5 Å².